The van der Waals surface area contributed by atoms with Crippen molar-refractivity contribution in [3.8, 4) is 0 Å². The minimum absolute atomic E-state index is 0.204. The van der Waals surface area contributed by atoms with E-state index in [1.807, 2.05) is 0 Å². The van der Waals surface area contributed by atoms with Gasteiger partial charge in [-0.15, -0.1) is 0 Å². The molecule has 1 aliphatic rings. The van der Waals surface area contributed by atoms with Crippen molar-refractivity contribution in [1.29, 1.82) is 0 Å². The first-order valence-electron chi connectivity index (χ1n) is 14.2. The van der Waals surface area contributed by atoms with Gasteiger partial charge in [0.1, 0.15) is 0 Å². The Bertz CT molecular complexity index is 487. The average molecular weight is 507 g/mol. The fraction of sp³-hybridized carbons (Fsp3) is 1.00. The van der Waals surface area contributed by atoms with Crippen LogP contribution < -0.4 is 0 Å². The molecule has 1 fully saturated rings. The zero-order valence-corrected chi connectivity index (χ0v) is 21.8. The molecule has 35 heavy (non-hydrogen) atoms. The first-order valence-corrected chi connectivity index (χ1v) is 14.2. The van der Waals surface area contributed by atoms with E-state index in [1.54, 1.807) is 0 Å². The summed E-state index contributed by atoms with van der Waals surface area (Å²) >= 11 is 0. The van der Waals surface area contributed by atoms with Crippen LogP contribution in [0.1, 0.15) is 148 Å². The molecule has 0 spiro atoms. The van der Waals surface area contributed by atoms with Gasteiger partial charge in [0.15, 0.2) is 0 Å². The second-order valence-corrected chi connectivity index (χ2v) is 10.9. The Morgan fingerprint density at radius 2 is 0.371 bits per heavy atom. The van der Waals surface area contributed by atoms with Crippen LogP contribution in [0.25, 0.3) is 0 Å². The number of rotatable bonds is 0. The van der Waals surface area contributed by atoms with Gasteiger partial charge >= 0.3 is 0 Å². The van der Waals surface area contributed by atoms with Crippen molar-refractivity contribution in [3.63, 3.8) is 0 Å². The highest BCUT2D eigenvalue weighted by Gasteiger charge is 2.69. The molecule has 0 aromatic rings. The standard InChI is InChI=1S/C27H54O8/c28-24(29)22-20-18-16-14-12-10-8-6-4-2-1-3-5-7-9-11-13-15-17-19-21-23-25(30,31)27(34,35)26(24,32)33/h28-35H,1-23H2. The van der Waals surface area contributed by atoms with E-state index in [1.165, 1.54) is 70.6 Å². The summed E-state index contributed by atoms with van der Waals surface area (Å²) in [5.74, 6) is -14.6. The fourth-order valence-corrected chi connectivity index (χ4v) is 5.01. The molecular formula is C27H54O8. The highest BCUT2D eigenvalue weighted by molar-refractivity contribution is 5.00. The fourth-order valence-electron chi connectivity index (χ4n) is 5.01. The normalized spacial score (nSPS) is 27.4. The Hall–Kier alpha value is -0.320. The van der Waals surface area contributed by atoms with E-state index in [9.17, 15) is 40.9 Å². The third kappa shape index (κ3) is 11.3. The SMILES string of the molecule is OC1(O)CCCCCCCCCCCCCCCCCCCCCCCC(O)(O)C(O)(O)C1(O)O. The third-order valence-electron chi connectivity index (χ3n) is 7.65. The summed E-state index contributed by atoms with van der Waals surface area (Å²) in [7, 11) is 0. The maximum atomic E-state index is 10.2. The van der Waals surface area contributed by atoms with Crippen LogP contribution in [-0.4, -0.2) is 64.0 Å². The lowest BCUT2D eigenvalue weighted by molar-refractivity contribution is -0.507. The van der Waals surface area contributed by atoms with Crippen molar-refractivity contribution >= 4 is 0 Å². The number of hydrogen-bond acceptors (Lipinski definition) is 8. The summed E-state index contributed by atoms with van der Waals surface area (Å²) < 4.78 is 0. The van der Waals surface area contributed by atoms with Crippen molar-refractivity contribution in [2.75, 3.05) is 0 Å². The summed E-state index contributed by atoms with van der Waals surface area (Å²) in [5, 5.41) is 81.8. The molecule has 0 saturated heterocycles. The van der Waals surface area contributed by atoms with Gasteiger partial charge in [-0.3, -0.25) is 0 Å². The predicted molar refractivity (Wildman–Crippen MR) is 135 cm³/mol. The van der Waals surface area contributed by atoms with E-state index < -0.39 is 36.0 Å². The molecule has 8 N–H and O–H groups in total. The molecule has 8 nitrogen and oxygen atoms in total. The Balaban J connectivity index is 2.62. The number of aliphatic hydroxyl groups is 8. The van der Waals surface area contributed by atoms with Gasteiger partial charge in [-0.1, -0.05) is 122 Å². The molecule has 0 bridgehead atoms. The maximum Gasteiger partial charge on any atom is 0.279 e. The van der Waals surface area contributed by atoms with Gasteiger partial charge in [0, 0.05) is 12.8 Å². The van der Waals surface area contributed by atoms with Crippen molar-refractivity contribution in [3.05, 3.63) is 0 Å². The van der Waals surface area contributed by atoms with Gasteiger partial charge in [-0.2, -0.15) is 0 Å². The van der Waals surface area contributed by atoms with Crippen molar-refractivity contribution in [1.82, 2.24) is 0 Å². The summed E-state index contributed by atoms with van der Waals surface area (Å²) in [6, 6.07) is 0. The molecule has 0 radical (unpaired) electrons. The second-order valence-electron chi connectivity index (χ2n) is 10.9. The zero-order chi connectivity index (χ0) is 26.3. The topological polar surface area (TPSA) is 162 Å². The smallest absolute Gasteiger partial charge is 0.279 e. The van der Waals surface area contributed by atoms with Crippen LogP contribution in [0.2, 0.25) is 0 Å². The lowest BCUT2D eigenvalue weighted by atomic mass is 9.84. The van der Waals surface area contributed by atoms with E-state index in [4.69, 9.17) is 0 Å². The van der Waals surface area contributed by atoms with Crippen molar-refractivity contribution in [2.24, 2.45) is 0 Å². The first kappa shape index (κ1) is 32.7. The quantitative estimate of drug-likeness (QED) is 0.231. The Kier molecular flexibility index (Phi) is 15.4. The van der Waals surface area contributed by atoms with Gasteiger partial charge in [0.05, 0.1) is 0 Å². The van der Waals surface area contributed by atoms with E-state index in [0.717, 1.165) is 38.5 Å². The van der Waals surface area contributed by atoms with Crippen LogP contribution in [-0.2, 0) is 0 Å². The Labute approximate surface area is 212 Å². The van der Waals surface area contributed by atoms with Gasteiger partial charge in [0.2, 0.25) is 11.6 Å². The van der Waals surface area contributed by atoms with Gasteiger partial charge in [0.25, 0.3) is 11.6 Å². The molecule has 0 aliphatic heterocycles. The average Bonchev–Trinajstić information content (AvgIpc) is 2.78. The minimum atomic E-state index is -3.97. The molecule has 0 aromatic carbocycles. The summed E-state index contributed by atoms with van der Waals surface area (Å²) in [6.07, 6.45) is 20.3. The highest BCUT2D eigenvalue weighted by atomic mass is 16.7. The van der Waals surface area contributed by atoms with Gasteiger partial charge < -0.3 is 40.9 Å². The van der Waals surface area contributed by atoms with Gasteiger partial charge in [-0.05, 0) is 12.8 Å². The molecule has 1 rings (SSSR count). The highest BCUT2D eigenvalue weighted by Crippen LogP contribution is 2.39. The summed E-state index contributed by atoms with van der Waals surface area (Å²) in [6.45, 7) is 0. The second kappa shape index (κ2) is 16.5. The lowest BCUT2D eigenvalue weighted by Gasteiger charge is -2.47. The van der Waals surface area contributed by atoms with Crippen LogP contribution in [0.3, 0.4) is 0 Å². The van der Waals surface area contributed by atoms with E-state index >= 15 is 0 Å². The maximum absolute atomic E-state index is 10.2. The molecule has 0 atom stereocenters. The first-order chi connectivity index (χ1) is 16.5. The molecule has 0 unspecified atom stereocenters. The minimum Gasteiger partial charge on any atom is -0.361 e. The number of hydrogen-bond donors (Lipinski definition) is 8. The summed E-state index contributed by atoms with van der Waals surface area (Å²) in [4.78, 5) is 0. The Morgan fingerprint density at radius 3 is 0.543 bits per heavy atom. The molecule has 1 aliphatic carbocycles. The zero-order valence-electron chi connectivity index (χ0n) is 21.8. The van der Waals surface area contributed by atoms with Crippen LogP contribution in [0.5, 0.6) is 0 Å². The molecule has 1 saturated carbocycles. The van der Waals surface area contributed by atoms with Crippen LogP contribution >= 0.6 is 0 Å². The van der Waals surface area contributed by atoms with Crippen molar-refractivity contribution < 1.29 is 40.9 Å². The molecule has 0 aromatic heterocycles. The van der Waals surface area contributed by atoms with Crippen molar-refractivity contribution in [2.45, 2.75) is 171 Å². The molecule has 210 valence electrons. The largest absolute Gasteiger partial charge is 0.361 e. The monoisotopic (exact) mass is 506 g/mol. The van der Waals surface area contributed by atoms with Crippen LogP contribution in [0.4, 0.5) is 0 Å². The Morgan fingerprint density at radius 1 is 0.229 bits per heavy atom. The molecule has 8 heteroatoms. The van der Waals surface area contributed by atoms with E-state index in [0.29, 0.717) is 12.8 Å². The van der Waals surface area contributed by atoms with E-state index in [-0.39, 0.29) is 12.8 Å². The molecular weight excluding hydrogens is 452 g/mol. The predicted octanol–water partition coefficient (Wildman–Crippen LogP) is 3.70. The molecule has 0 amide bonds. The summed E-state index contributed by atoms with van der Waals surface area (Å²) in [5.41, 5.74) is 0. The third-order valence-corrected chi connectivity index (χ3v) is 7.65. The molecule has 0 heterocycles. The van der Waals surface area contributed by atoms with Crippen LogP contribution in [0.15, 0.2) is 0 Å². The van der Waals surface area contributed by atoms with Crippen LogP contribution in [0, 0.1) is 0 Å². The van der Waals surface area contributed by atoms with E-state index in [2.05, 4.69) is 0 Å². The van der Waals surface area contributed by atoms with Gasteiger partial charge in [-0.25, -0.2) is 0 Å². The lowest BCUT2D eigenvalue weighted by Crippen LogP contribution is -2.76.